The molecule has 1 N–H and O–H groups in total. The van der Waals surface area contributed by atoms with Crippen molar-refractivity contribution in [2.45, 2.75) is 64.1 Å². The highest BCUT2D eigenvalue weighted by Crippen LogP contribution is 2.35. The van der Waals surface area contributed by atoms with Gasteiger partial charge in [-0.3, -0.25) is 13.9 Å². The lowest BCUT2D eigenvalue weighted by molar-refractivity contribution is -0.140. The van der Waals surface area contributed by atoms with Gasteiger partial charge in [0.1, 0.15) is 18.3 Å². The first-order valence-electron chi connectivity index (χ1n) is 15.3. The maximum atomic E-state index is 14.7. The first-order valence-corrected chi connectivity index (χ1v) is 17.1. The van der Waals surface area contributed by atoms with Crippen molar-refractivity contribution >= 4 is 39.1 Å². The summed E-state index contributed by atoms with van der Waals surface area (Å²) in [7, 11) is -2.90. The van der Waals surface area contributed by atoms with Gasteiger partial charge in [0.15, 0.2) is 0 Å². The predicted octanol–water partition coefficient (Wildman–Crippen LogP) is 6.72. The summed E-state index contributed by atoms with van der Waals surface area (Å²) in [5, 5.41) is 3.31. The number of methoxy groups -OCH3 is 1. The second-order valence-electron chi connectivity index (χ2n) is 12.6. The minimum atomic E-state index is -4.32. The van der Waals surface area contributed by atoms with Crippen molar-refractivity contribution in [3.63, 3.8) is 0 Å². The number of ether oxygens (including phenoxy) is 1. The van der Waals surface area contributed by atoms with Gasteiger partial charge in [-0.25, -0.2) is 8.42 Å². The van der Waals surface area contributed by atoms with E-state index in [-0.39, 0.29) is 40.2 Å². The number of anilines is 1. The number of carbonyl (C=O) groups excluding carboxylic acids is 2. The van der Waals surface area contributed by atoms with Crippen LogP contribution in [0, 0.1) is 13.8 Å². The van der Waals surface area contributed by atoms with Crippen molar-refractivity contribution in [3.05, 3.63) is 124 Å². The van der Waals surface area contributed by atoms with E-state index in [0.29, 0.717) is 0 Å². The number of nitrogens with zero attached hydrogens (tertiary/aromatic N) is 2. The monoisotopic (exact) mass is 675 g/mol. The van der Waals surface area contributed by atoms with Crippen LogP contribution in [0.15, 0.2) is 102 Å². The second-order valence-corrected chi connectivity index (χ2v) is 14.9. The Morgan fingerprint density at radius 3 is 2.13 bits per heavy atom. The molecule has 0 saturated carbocycles. The van der Waals surface area contributed by atoms with Crippen LogP contribution in [0.25, 0.3) is 0 Å². The molecule has 1 atom stereocenters. The Labute approximate surface area is 283 Å². The third-order valence-corrected chi connectivity index (χ3v) is 9.51. The molecule has 0 spiro atoms. The molecule has 0 radical (unpaired) electrons. The largest absolute Gasteiger partial charge is 0.495 e. The Balaban J connectivity index is 1.87. The summed E-state index contributed by atoms with van der Waals surface area (Å²) in [5.41, 5.74) is 3.03. The molecule has 10 heteroatoms. The van der Waals surface area contributed by atoms with E-state index in [1.165, 1.54) is 30.2 Å². The van der Waals surface area contributed by atoms with Crippen LogP contribution in [0.1, 0.15) is 43.0 Å². The highest BCUT2D eigenvalue weighted by atomic mass is 35.5. The van der Waals surface area contributed by atoms with Gasteiger partial charge in [0.05, 0.1) is 17.7 Å². The first kappa shape index (κ1) is 35.5. The smallest absolute Gasteiger partial charge is 0.264 e. The number of carbonyl (C=O) groups is 2. The van der Waals surface area contributed by atoms with E-state index in [0.717, 1.165) is 26.6 Å². The Morgan fingerprint density at radius 1 is 0.851 bits per heavy atom. The molecule has 0 bridgehead atoms. The molecule has 0 fully saturated rings. The third-order valence-electron chi connectivity index (χ3n) is 7.50. The van der Waals surface area contributed by atoms with Crippen LogP contribution in [-0.2, 0) is 32.6 Å². The van der Waals surface area contributed by atoms with Crippen LogP contribution in [0.4, 0.5) is 5.69 Å². The molecule has 47 heavy (non-hydrogen) atoms. The van der Waals surface area contributed by atoms with Crippen molar-refractivity contribution in [1.29, 1.82) is 0 Å². The molecule has 2 amide bonds. The molecule has 0 aliphatic heterocycles. The lowest BCUT2D eigenvalue weighted by Crippen LogP contribution is -2.56. The van der Waals surface area contributed by atoms with Gasteiger partial charge in [0, 0.05) is 23.5 Å². The Morgan fingerprint density at radius 2 is 1.51 bits per heavy atom. The summed E-state index contributed by atoms with van der Waals surface area (Å²) >= 11 is 6.37. The number of aryl methyl sites for hydroxylation is 2. The van der Waals surface area contributed by atoms with E-state index in [1.54, 1.807) is 24.3 Å². The number of hydrogen-bond donors (Lipinski definition) is 1. The highest BCUT2D eigenvalue weighted by molar-refractivity contribution is 7.92. The van der Waals surface area contributed by atoms with Crippen LogP contribution < -0.4 is 14.4 Å². The number of nitrogens with one attached hydrogen (secondary N) is 1. The van der Waals surface area contributed by atoms with Crippen LogP contribution in [0.2, 0.25) is 5.02 Å². The van der Waals surface area contributed by atoms with Crippen molar-refractivity contribution in [2.75, 3.05) is 18.0 Å². The highest BCUT2D eigenvalue weighted by Gasteiger charge is 2.36. The standard InChI is InChI=1S/C37H42ClN3O5S/c1-26-15-18-31(19-16-26)47(44,45)41(32-23-30(38)17-20-34(32)46-6)25-35(42)40(24-29-14-10-11-27(2)21-29)33(36(43)39-37(3,4)5)22-28-12-8-7-9-13-28/h7-21,23,33H,22,24-25H2,1-6H3,(H,39,43)/t33-/m1/s1. The molecule has 0 aliphatic rings. The summed E-state index contributed by atoms with van der Waals surface area (Å²) in [6.07, 6.45) is 0.214. The molecule has 0 heterocycles. The molecule has 4 rings (SSSR count). The molecule has 0 aromatic heterocycles. The van der Waals surface area contributed by atoms with Gasteiger partial charge in [0.25, 0.3) is 10.0 Å². The number of rotatable bonds is 12. The van der Waals surface area contributed by atoms with Crippen LogP contribution in [-0.4, -0.2) is 50.4 Å². The molecule has 0 saturated heterocycles. The van der Waals surface area contributed by atoms with E-state index in [9.17, 15) is 18.0 Å². The number of halogens is 1. The molecule has 0 unspecified atom stereocenters. The predicted molar refractivity (Wildman–Crippen MR) is 187 cm³/mol. The van der Waals surface area contributed by atoms with E-state index in [2.05, 4.69) is 5.32 Å². The van der Waals surface area contributed by atoms with Crippen molar-refractivity contribution in [1.82, 2.24) is 10.2 Å². The SMILES string of the molecule is COc1ccc(Cl)cc1N(CC(=O)N(Cc1cccc(C)c1)[C@H](Cc1ccccc1)C(=O)NC(C)(C)C)S(=O)(=O)c1ccc(C)cc1. The topological polar surface area (TPSA) is 96.0 Å². The van der Waals surface area contributed by atoms with Crippen LogP contribution >= 0.6 is 11.6 Å². The minimum absolute atomic E-state index is 0.00512. The van der Waals surface area contributed by atoms with Gasteiger partial charge in [-0.15, -0.1) is 0 Å². The maximum Gasteiger partial charge on any atom is 0.264 e. The summed E-state index contributed by atoms with van der Waals surface area (Å²) < 4.78 is 35.2. The summed E-state index contributed by atoms with van der Waals surface area (Å²) in [4.78, 5) is 30.2. The first-order chi connectivity index (χ1) is 22.2. The van der Waals surface area contributed by atoms with Gasteiger partial charge < -0.3 is 15.0 Å². The van der Waals surface area contributed by atoms with Gasteiger partial charge >= 0.3 is 0 Å². The van der Waals surface area contributed by atoms with Gasteiger partial charge in [-0.2, -0.15) is 0 Å². The molecule has 8 nitrogen and oxygen atoms in total. The van der Waals surface area contributed by atoms with Gasteiger partial charge in [0.2, 0.25) is 11.8 Å². The number of amides is 2. The molecular weight excluding hydrogens is 634 g/mol. The molecular formula is C37H42ClN3O5S. The van der Waals surface area contributed by atoms with E-state index < -0.39 is 34.1 Å². The Bertz CT molecular complexity index is 1810. The Kier molecular flexibility index (Phi) is 11.4. The van der Waals surface area contributed by atoms with Gasteiger partial charge in [-0.05, 0) is 76.1 Å². The van der Waals surface area contributed by atoms with Gasteiger partial charge in [-0.1, -0.05) is 89.5 Å². The molecule has 4 aromatic carbocycles. The fourth-order valence-electron chi connectivity index (χ4n) is 5.22. The van der Waals surface area contributed by atoms with Crippen molar-refractivity contribution < 1.29 is 22.7 Å². The zero-order valence-corrected chi connectivity index (χ0v) is 29.2. The van der Waals surface area contributed by atoms with E-state index in [4.69, 9.17) is 16.3 Å². The number of benzene rings is 4. The zero-order valence-electron chi connectivity index (χ0n) is 27.7. The molecule has 4 aromatic rings. The fraction of sp³-hybridized carbons (Fsp3) is 0.297. The summed E-state index contributed by atoms with van der Waals surface area (Å²) in [6.45, 7) is 8.88. The third kappa shape index (κ3) is 9.36. The minimum Gasteiger partial charge on any atom is -0.495 e. The van der Waals surface area contributed by atoms with Crippen LogP contribution in [0.3, 0.4) is 0 Å². The van der Waals surface area contributed by atoms with Crippen molar-refractivity contribution in [3.8, 4) is 5.75 Å². The molecule has 248 valence electrons. The summed E-state index contributed by atoms with van der Waals surface area (Å²) in [5.74, 6) is -0.709. The van der Waals surface area contributed by atoms with E-state index >= 15 is 0 Å². The number of hydrogen-bond acceptors (Lipinski definition) is 5. The average molecular weight is 676 g/mol. The quantitative estimate of drug-likeness (QED) is 0.180. The summed E-state index contributed by atoms with van der Waals surface area (Å²) in [6, 6.07) is 27.1. The lowest BCUT2D eigenvalue weighted by atomic mass is 10.0. The normalized spacial score (nSPS) is 12.2. The van der Waals surface area contributed by atoms with Crippen molar-refractivity contribution in [2.24, 2.45) is 0 Å². The lowest BCUT2D eigenvalue weighted by Gasteiger charge is -2.35. The average Bonchev–Trinajstić information content (AvgIpc) is 3.01. The fourth-order valence-corrected chi connectivity index (χ4v) is 6.81. The second kappa shape index (κ2) is 15.0. The maximum absolute atomic E-state index is 14.7. The Hall–Kier alpha value is -4.34. The molecule has 0 aliphatic carbocycles. The van der Waals surface area contributed by atoms with E-state index in [1.807, 2.05) is 89.2 Å². The zero-order chi connectivity index (χ0) is 34.4. The van der Waals surface area contributed by atoms with Crippen LogP contribution in [0.5, 0.6) is 5.75 Å². The number of sulfonamides is 1.